The number of morpholine rings is 2. The Morgan fingerprint density at radius 1 is 1.10 bits per heavy atom. The first kappa shape index (κ1) is 22.4. The maximum atomic E-state index is 13.1. The van der Waals surface area contributed by atoms with Crippen molar-refractivity contribution >= 4 is 23.4 Å². The molecule has 3 aliphatic rings. The van der Waals surface area contributed by atoms with Crippen LogP contribution in [0.1, 0.15) is 32.1 Å². The van der Waals surface area contributed by atoms with Crippen molar-refractivity contribution in [2.75, 3.05) is 52.6 Å². The van der Waals surface area contributed by atoms with Gasteiger partial charge in [-0.2, -0.15) is 0 Å². The lowest BCUT2D eigenvalue weighted by molar-refractivity contribution is -0.169. The van der Waals surface area contributed by atoms with Crippen LogP contribution in [0.2, 0.25) is 5.02 Å². The first-order valence-corrected chi connectivity index (χ1v) is 11.6. The molecule has 2 aliphatic heterocycles. The molecule has 0 N–H and O–H groups in total. The second-order valence-corrected chi connectivity index (χ2v) is 9.13. The Morgan fingerprint density at radius 2 is 1.84 bits per heavy atom. The van der Waals surface area contributed by atoms with Gasteiger partial charge < -0.3 is 24.0 Å². The molecule has 2 amide bonds. The van der Waals surface area contributed by atoms with Gasteiger partial charge in [0.1, 0.15) is 18.0 Å². The zero-order valence-electron chi connectivity index (χ0n) is 17.9. The van der Waals surface area contributed by atoms with E-state index in [2.05, 4.69) is 0 Å². The van der Waals surface area contributed by atoms with Crippen molar-refractivity contribution in [1.82, 2.24) is 9.80 Å². The molecule has 0 spiro atoms. The summed E-state index contributed by atoms with van der Waals surface area (Å²) in [5.74, 6) is 0.910. The molecule has 2 saturated heterocycles. The fraction of sp³-hybridized carbons (Fsp3) is 0.652. The Hall–Kier alpha value is -1.83. The first-order chi connectivity index (χ1) is 15.0. The summed E-state index contributed by atoms with van der Waals surface area (Å²) in [6.07, 6.45) is 4.30. The highest BCUT2D eigenvalue weighted by molar-refractivity contribution is 6.30. The van der Waals surface area contributed by atoms with Crippen molar-refractivity contribution in [2.24, 2.45) is 5.92 Å². The monoisotopic (exact) mass is 450 g/mol. The average molecular weight is 451 g/mol. The van der Waals surface area contributed by atoms with Gasteiger partial charge >= 0.3 is 0 Å². The van der Waals surface area contributed by atoms with Crippen LogP contribution in [0, 0.1) is 5.92 Å². The Balaban J connectivity index is 1.49. The Labute approximate surface area is 188 Å². The van der Waals surface area contributed by atoms with E-state index < -0.39 is 5.60 Å². The van der Waals surface area contributed by atoms with Crippen LogP contribution >= 0.6 is 11.6 Å². The summed E-state index contributed by atoms with van der Waals surface area (Å²) in [5.41, 5.74) is -0.885. The Morgan fingerprint density at radius 3 is 2.58 bits per heavy atom. The highest BCUT2D eigenvalue weighted by atomic mass is 35.5. The van der Waals surface area contributed by atoms with Crippen molar-refractivity contribution in [2.45, 2.75) is 37.7 Å². The predicted molar refractivity (Wildman–Crippen MR) is 116 cm³/mol. The van der Waals surface area contributed by atoms with Crippen LogP contribution in [0.4, 0.5) is 0 Å². The highest BCUT2D eigenvalue weighted by Crippen LogP contribution is 2.31. The molecule has 1 aromatic rings. The minimum atomic E-state index is -0.885. The second-order valence-electron chi connectivity index (χ2n) is 8.69. The molecule has 1 atom stereocenters. The van der Waals surface area contributed by atoms with E-state index in [1.165, 1.54) is 0 Å². The molecule has 0 unspecified atom stereocenters. The van der Waals surface area contributed by atoms with Gasteiger partial charge in [-0.1, -0.05) is 30.5 Å². The van der Waals surface area contributed by atoms with E-state index >= 15 is 0 Å². The summed E-state index contributed by atoms with van der Waals surface area (Å²) in [6, 6.07) is 7.17. The van der Waals surface area contributed by atoms with E-state index in [1.54, 1.807) is 12.1 Å². The summed E-state index contributed by atoms with van der Waals surface area (Å²) >= 11 is 6.09. The lowest BCUT2D eigenvalue weighted by Gasteiger charge is -2.43. The molecule has 1 saturated carbocycles. The van der Waals surface area contributed by atoms with Gasteiger partial charge in [0.05, 0.1) is 32.8 Å². The number of nitrogens with zero attached hydrogens (tertiary/aromatic N) is 2. The third-order valence-corrected chi connectivity index (χ3v) is 6.63. The Kier molecular flexibility index (Phi) is 7.35. The van der Waals surface area contributed by atoms with Gasteiger partial charge in [-0.3, -0.25) is 9.59 Å². The standard InChI is InChI=1S/C23H31ClN2O5/c24-19-6-3-7-20(14-19)30-17-23(15-21(27)25-8-11-29-12-9-25)16-26(10-13-31-23)22(28)18-4-1-2-5-18/h3,6-7,14,18H,1-2,4-5,8-13,15-17H2/t23-/m0/s1. The van der Waals surface area contributed by atoms with E-state index in [4.69, 9.17) is 25.8 Å². The molecule has 3 fully saturated rings. The van der Waals surface area contributed by atoms with E-state index in [1.807, 2.05) is 21.9 Å². The fourth-order valence-corrected chi connectivity index (χ4v) is 4.86. The van der Waals surface area contributed by atoms with Gasteiger partial charge in [0.2, 0.25) is 11.8 Å². The van der Waals surface area contributed by atoms with Crippen LogP contribution < -0.4 is 4.74 Å². The quantitative estimate of drug-likeness (QED) is 0.666. The maximum absolute atomic E-state index is 13.1. The van der Waals surface area contributed by atoms with Crippen LogP contribution in [0.3, 0.4) is 0 Å². The predicted octanol–water partition coefficient (Wildman–Crippen LogP) is 2.76. The molecular weight excluding hydrogens is 420 g/mol. The summed E-state index contributed by atoms with van der Waals surface area (Å²) < 4.78 is 17.6. The smallest absolute Gasteiger partial charge is 0.225 e. The van der Waals surface area contributed by atoms with E-state index in [-0.39, 0.29) is 30.8 Å². The van der Waals surface area contributed by atoms with E-state index in [0.717, 1.165) is 25.7 Å². The minimum Gasteiger partial charge on any atom is -0.490 e. The summed E-state index contributed by atoms with van der Waals surface area (Å²) in [7, 11) is 0. The zero-order chi connectivity index (χ0) is 21.7. The molecule has 0 bridgehead atoms. The molecule has 0 radical (unpaired) electrons. The number of halogens is 1. The number of hydrogen-bond donors (Lipinski definition) is 0. The molecule has 0 aromatic heterocycles. The molecule has 1 aliphatic carbocycles. The molecule has 7 nitrogen and oxygen atoms in total. The van der Waals surface area contributed by atoms with Crippen molar-refractivity contribution in [3.8, 4) is 5.75 Å². The molecule has 2 heterocycles. The number of amides is 2. The summed E-state index contributed by atoms with van der Waals surface area (Å²) in [4.78, 5) is 29.9. The fourth-order valence-electron chi connectivity index (χ4n) is 4.68. The van der Waals surface area contributed by atoms with Gasteiger partial charge in [0.25, 0.3) is 0 Å². The van der Waals surface area contributed by atoms with Crippen LogP contribution in [0.15, 0.2) is 24.3 Å². The lowest BCUT2D eigenvalue weighted by Crippen LogP contribution is -2.59. The van der Waals surface area contributed by atoms with Gasteiger partial charge in [-0.05, 0) is 31.0 Å². The van der Waals surface area contributed by atoms with Gasteiger partial charge in [-0.25, -0.2) is 0 Å². The zero-order valence-corrected chi connectivity index (χ0v) is 18.6. The largest absolute Gasteiger partial charge is 0.490 e. The van der Waals surface area contributed by atoms with Crippen LogP contribution in [0.5, 0.6) is 5.75 Å². The minimum absolute atomic E-state index is 0.00756. The lowest BCUT2D eigenvalue weighted by atomic mass is 9.95. The molecule has 170 valence electrons. The van der Waals surface area contributed by atoms with Crippen molar-refractivity contribution in [1.29, 1.82) is 0 Å². The third kappa shape index (κ3) is 5.70. The number of hydrogen-bond acceptors (Lipinski definition) is 5. The van der Waals surface area contributed by atoms with E-state index in [0.29, 0.717) is 56.8 Å². The molecule has 31 heavy (non-hydrogen) atoms. The number of ether oxygens (including phenoxy) is 3. The summed E-state index contributed by atoms with van der Waals surface area (Å²) in [5, 5.41) is 0.582. The molecule has 8 heteroatoms. The molecular formula is C23H31ClN2O5. The normalized spacial score (nSPS) is 24.9. The van der Waals surface area contributed by atoms with Gasteiger partial charge in [0.15, 0.2) is 0 Å². The third-order valence-electron chi connectivity index (χ3n) is 6.40. The van der Waals surface area contributed by atoms with Crippen molar-refractivity contribution < 1.29 is 23.8 Å². The number of carbonyl (C=O) groups excluding carboxylic acids is 2. The van der Waals surface area contributed by atoms with E-state index in [9.17, 15) is 9.59 Å². The number of benzene rings is 1. The van der Waals surface area contributed by atoms with Gasteiger partial charge in [0, 0.05) is 30.6 Å². The summed E-state index contributed by atoms with van der Waals surface area (Å²) in [6.45, 7) is 3.74. The number of rotatable bonds is 6. The van der Waals surface area contributed by atoms with Gasteiger partial charge in [-0.15, -0.1) is 0 Å². The Bertz CT molecular complexity index is 779. The van der Waals surface area contributed by atoms with Crippen molar-refractivity contribution in [3.05, 3.63) is 29.3 Å². The maximum Gasteiger partial charge on any atom is 0.225 e. The number of carbonyl (C=O) groups is 2. The SMILES string of the molecule is O=C(C[C@@]1(COc2cccc(Cl)c2)CN(C(=O)C2CCCC2)CCO1)N1CCOCC1. The second kappa shape index (κ2) is 10.2. The average Bonchev–Trinajstić information content (AvgIpc) is 3.33. The topological polar surface area (TPSA) is 68.3 Å². The van der Waals surface area contributed by atoms with Crippen LogP contribution in [-0.2, 0) is 19.1 Å². The van der Waals surface area contributed by atoms with Crippen LogP contribution in [0.25, 0.3) is 0 Å². The van der Waals surface area contributed by atoms with Crippen LogP contribution in [-0.4, -0.2) is 79.8 Å². The first-order valence-electron chi connectivity index (χ1n) is 11.2. The highest BCUT2D eigenvalue weighted by Gasteiger charge is 2.43. The van der Waals surface area contributed by atoms with Crippen molar-refractivity contribution in [3.63, 3.8) is 0 Å². The molecule has 4 rings (SSSR count). The molecule has 1 aromatic carbocycles.